The Morgan fingerprint density at radius 3 is 2.58 bits per heavy atom. The van der Waals surface area contributed by atoms with E-state index in [-0.39, 0.29) is 5.91 Å². The Balaban J connectivity index is 1.28. The topological polar surface area (TPSA) is 90.6 Å². The molecule has 6 rings (SSSR count). The van der Waals surface area contributed by atoms with Crippen molar-refractivity contribution in [3.63, 3.8) is 0 Å². The third-order valence-corrected chi connectivity index (χ3v) is 8.08. The number of hydrogen-bond acceptors (Lipinski definition) is 8. The number of aromatic nitrogens is 3. The molecule has 0 atom stereocenters. The molecule has 0 saturated carbocycles. The van der Waals surface area contributed by atoms with E-state index in [0.717, 1.165) is 86.1 Å². The van der Waals surface area contributed by atoms with Crippen LogP contribution in [-0.2, 0) is 9.53 Å². The summed E-state index contributed by atoms with van der Waals surface area (Å²) in [5.41, 5.74) is 9.14. The number of nitrogens with zero attached hydrogens (tertiary/aromatic N) is 7. The number of fused-ring (bicyclic) bond motifs is 1. The van der Waals surface area contributed by atoms with E-state index in [4.69, 9.17) is 14.8 Å². The van der Waals surface area contributed by atoms with Crippen LogP contribution >= 0.6 is 0 Å². The minimum atomic E-state index is 0.268. The molecular formula is C33H40N8O2. The van der Waals surface area contributed by atoms with Crippen LogP contribution in [0.25, 0.3) is 16.9 Å². The molecule has 10 heteroatoms. The molecule has 224 valence electrons. The first-order chi connectivity index (χ1) is 21.1. The van der Waals surface area contributed by atoms with Crippen LogP contribution in [0.5, 0.6) is 0 Å². The number of ether oxygens (including phenoxy) is 1. The van der Waals surface area contributed by atoms with Crippen molar-refractivity contribution in [2.24, 2.45) is 5.10 Å². The number of para-hydroxylation sites is 1. The van der Waals surface area contributed by atoms with Gasteiger partial charge >= 0.3 is 0 Å². The lowest BCUT2D eigenvalue weighted by atomic mass is 10.1. The second-order valence-corrected chi connectivity index (χ2v) is 11.2. The third-order valence-electron chi connectivity index (χ3n) is 8.08. The Hall–Kier alpha value is -4.44. The monoisotopic (exact) mass is 580 g/mol. The van der Waals surface area contributed by atoms with E-state index in [2.05, 4.69) is 70.6 Å². The minimum absolute atomic E-state index is 0.268. The molecule has 4 heterocycles. The lowest BCUT2D eigenvalue weighted by Crippen LogP contribution is -2.48. The summed E-state index contributed by atoms with van der Waals surface area (Å²) in [4.78, 5) is 24.1. The average Bonchev–Trinajstić information content (AvgIpc) is 3.48. The number of morpholine rings is 1. The Morgan fingerprint density at radius 1 is 0.977 bits per heavy atom. The second-order valence-electron chi connectivity index (χ2n) is 11.2. The Morgan fingerprint density at radius 2 is 1.79 bits per heavy atom. The van der Waals surface area contributed by atoms with E-state index in [1.165, 1.54) is 5.56 Å². The molecule has 0 radical (unpaired) electrons. The predicted molar refractivity (Wildman–Crippen MR) is 172 cm³/mol. The molecule has 43 heavy (non-hydrogen) atoms. The fourth-order valence-corrected chi connectivity index (χ4v) is 5.74. The Labute approximate surface area is 253 Å². The van der Waals surface area contributed by atoms with Crippen LogP contribution in [0.15, 0.2) is 65.8 Å². The molecule has 2 aromatic heterocycles. The molecule has 2 aliphatic rings. The first-order valence-electron chi connectivity index (χ1n) is 15.3. The molecule has 1 N–H and O–H groups in total. The van der Waals surface area contributed by atoms with E-state index >= 15 is 0 Å². The number of piperazine rings is 1. The normalized spacial score (nSPS) is 15.9. The highest BCUT2D eigenvalue weighted by atomic mass is 16.5. The van der Waals surface area contributed by atoms with Crippen LogP contribution in [0.3, 0.4) is 0 Å². The number of anilines is 3. The summed E-state index contributed by atoms with van der Waals surface area (Å²) < 4.78 is 7.56. The molecule has 0 bridgehead atoms. The third kappa shape index (κ3) is 6.64. The van der Waals surface area contributed by atoms with Crippen LogP contribution in [0, 0.1) is 6.92 Å². The van der Waals surface area contributed by atoms with Crippen LogP contribution < -0.4 is 15.2 Å². The van der Waals surface area contributed by atoms with Gasteiger partial charge in [0.15, 0.2) is 11.5 Å². The van der Waals surface area contributed by atoms with Gasteiger partial charge in [-0.05, 0) is 25.0 Å². The van der Waals surface area contributed by atoms with Crippen molar-refractivity contribution >= 4 is 35.1 Å². The van der Waals surface area contributed by atoms with Gasteiger partial charge in [-0.3, -0.25) is 10.2 Å². The van der Waals surface area contributed by atoms with Crippen molar-refractivity contribution in [3.8, 4) is 11.3 Å². The van der Waals surface area contributed by atoms with Gasteiger partial charge < -0.3 is 19.4 Å². The molecule has 1 amide bonds. The lowest BCUT2D eigenvalue weighted by Gasteiger charge is -2.37. The molecule has 0 aliphatic carbocycles. The van der Waals surface area contributed by atoms with Crippen molar-refractivity contribution in [2.45, 2.75) is 33.1 Å². The molecule has 0 spiro atoms. The van der Waals surface area contributed by atoms with Gasteiger partial charge in [0.05, 0.1) is 25.1 Å². The van der Waals surface area contributed by atoms with Gasteiger partial charge in [-0.15, -0.1) is 0 Å². The maximum Gasteiger partial charge on any atom is 0.222 e. The highest BCUT2D eigenvalue weighted by molar-refractivity contribution is 5.81. The highest BCUT2D eigenvalue weighted by Gasteiger charge is 2.24. The maximum atomic E-state index is 12.6. The van der Waals surface area contributed by atoms with Crippen molar-refractivity contribution in [3.05, 3.63) is 71.8 Å². The number of nitrogens with one attached hydrogen (secondary N) is 1. The van der Waals surface area contributed by atoms with Crippen LogP contribution in [0.4, 0.5) is 17.3 Å². The van der Waals surface area contributed by atoms with Gasteiger partial charge in [0.2, 0.25) is 5.91 Å². The van der Waals surface area contributed by atoms with E-state index in [1.54, 1.807) is 0 Å². The van der Waals surface area contributed by atoms with Crippen LogP contribution in [0.2, 0.25) is 0 Å². The zero-order valence-corrected chi connectivity index (χ0v) is 25.1. The molecule has 2 saturated heterocycles. The molecule has 10 nitrogen and oxygen atoms in total. The zero-order valence-electron chi connectivity index (χ0n) is 25.1. The summed E-state index contributed by atoms with van der Waals surface area (Å²) >= 11 is 0. The zero-order chi connectivity index (χ0) is 29.6. The second kappa shape index (κ2) is 13.2. The summed E-state index contributed by atoms with van der Waals surface area (Å²) in [6.45, 7) is 10.2. The largest absolute Gasteiger partial charge is 0.378 e. The Bertz CT molecular complexity index is 1590. The summed E-state index contributed by atoms with van der Waals surface area (Å²) in [7, 11) is 0. The quantitative estimate of drug-likeness (QED) is 0.224. The SMILES string of the molecule is CCCCC(=O)N1CCN(c2ccccc2-c2cc3nc(N/N=C/c4cccc(C)c4)cc(N4CCOCC4)n3n2)CC1. The van der Waals surface area contributed by atoms with E-state index in [1.807, 2.05) is 39.9 Å². The number of carbonyl (C=O) groups is 1. The van der Waals surface area contributed by atoms with Gasteiger partial charge in [-0.2, -0.15) is 14.7 Å². The number of unbranched alkanes of at least 4 members (excludes halogenated alkanes) is 1. The fraction of sp³-hybridized carbons (Fsp3) is 0.394. The summed E-state index contributed by atoms with van der Waals surface area (Å²) in [5, 5.41) is 9.56. The van der Waals surface area contributed by atoms with Gasteiger partial charge in [-0.25, -0.2) is 4.98 Å². The molecular weight excluding hydrogens is 540 g/mol. The number of rotatable bonds is 9. The number of hydrogen-bond donors (Lipinski definition) is 1. The van der Waals surface area contributed by atoms with Crippen molar-refractivity contribution in [1.82, 2.24) is 19.5 Å². The first kappa shape index (κ1) is 28.7. The molecule has 2 fully saturated rings. The lowest BCUT2D eigenvalue weighted by molar-refractivity contribution is -0.131. The van der Waals surface area contributed by atoms with Crippen LogP contribution in [0.1, 0.15) is 37.3 Å². The minimum Gasteiger partial charge on any atom is -0.378 e. The van der Waals surface area contributed by atoms with Crippen molar-refractivity contribution in [2.75, 3.05) is 67.7 Å². The molecule has 0 unspecified atom stereocenters. The molecule has 2 aliphatic heterocycles. The average molecular weight is 581 g/mol. The number of hydrazone groups is 1. The highest BCUT2D eigenvalue weighted by Crippen LogP contribution is 2.33. The number of carbonyl (C=O) groups excluding carboxylic acids is 1. The number of amides is 1. The maximum absolute atomic E-state index is 12.6. The molecule has 2 aromatic carbocycles. The van der Waals surface area contributed by atoms with E-state index < -0.39 is 0 Å². The van der Waals surface area contributed by atoms with Crippen molar-refractivity contribution < 1.29 is 9.53 Å². The van der Waals surface area contributed by atoms with Gasteiger partial charge in [0.1, 0.15) is 5.82 Å². The predicted octanol–water partition coefficient (Wildman–Crippen LogP) is 4.83. The fourth-order valence-electron chi connectivity index (χ4n) is 5.74. The molecule has 4 aromatic rings. The number of aryl methyl sites for hydroxylation is 1. The Kier molecular flexibility index (Phi) is 8.83. The van der Waals surface area contributed by atoms with E-state index in [0.29, 0.717) is 25.5 Å². The summed E-state index contributed by atoms with van der Waals surface area (Å²) in [5.74, 6) is 1.87. The van der Waals surface area contributed by atoms with Gasteiger partial charge in [-0.1, -0.05) is 61.4 Å². The van der Waals surface area contributed by atoms with E-state index in [9.17, 15) is 4.79 Å². The smallest absolute Gasteiger partial charge is 0.222 e. The summed E-state index contributed by atoms with van der Waals surface area (Å²) in [6, 6.07) is 20.6. The first-order valence-corrected chi connectivity index (χ1v) is 15.3. The summed E-state index contributed by atoms with van der Waals surface area (Å²) in [6.07, 6.45) is 4.44. The van der Waals surface area contributed by atoms with Gasteiger partial charge in [0, 0.05) is 69.1 Å². The van der Waals surface area contributed by atoms with Crippen LogP contribution in [-0.4, -0.2) is 84.1 Å². The van der Waals surface area contributed by atoms with Gasteiger partial charge in [0.25, 0.3) is 0 Å². The standard InChI is InChI=1S/C33H40N8O2/c1-3-4-12-33(42)40-15-13-38(14-16-40)29-11-6-5-10-27(29)28-22-31-35-30(36-34-24-26-9-7-8-25(2)21-26)23-32(41(31)37-28)39-17-19-43-20-18-39/h5-11,21-24H,3-4,12-20H2,1-2H3,(H,35,36)/b34-24+. The van der Waals surface area contributed by atoms with Crippen molar-refractivity contribution in [1.29, 1.82) is 0 Å². The number of benzene rings is 2.